The van der Waals surface area contributed by atoms with Gasteiger partial charge in [-0.1, -0.05) is 36.4 Å². The zero-order chi connectivity index (χ0) is 23.1. The first-order valence-corrected chi connectivity index (χ1v) is 10.8. The summed E-state index contributed by atoms with van der Waals surface area (Å²) in [6.45, 7) is 0.0546. The molecule has 0 aliphatic rings. The smallest absolute Gasteiger partial charge is 0.273 e. The number of hydrogen-bond donors (Lipinski definition) is 1. The van der Waals surface area contributed by atoms with E-state index in [2.05, 4.69) is 42.4 Å². The Kier molecular flexibility index (Phi) is 8.07. The molecule has 3 aromatic carbocycles. The molecule has 0 bridgehead atoms. The topological polar surface area (TPSA) is 93.8 Å². The van der Waals surface area contributed by atoms with Crippen LogP contribution in [0.15, 0.2) is 74.7 Å². The second-order valence-corrected chi connectivity index (χ2v) is 8.26. The Bertz CT molecular complexity index is 1160. The molecule has 0 saturated carbocycles. The average molecular weight is 565 g/mol. The summed E-state index contributed by atoms with van der Waals surface area (Å²) in [5, 5.41) is 14.9. The lowest BCUT2D eigenvalue weighted by Crippen LogP contribution is -2.20. The van der Waals surface area contributed by atoms with E-state index in [1.54, 1.807) is 36.4 Å². The highest BCUT2D eigenvalue weighted by Gasteiger charge is 2.15. The van der Waals surface area contributed by atoms with Gasteiger partial charge < -0.3 is 4.74 Å². The molecule has 0 unspecified atom stereocenters. The van der Waals surface area contributed by atoms with Crippen LogP contribution in [-0.4, -0.2) is 17.0 Å². The number of hydrazone groups is 1. The van der Waals surface area contributed by atoms with Crippen molar-refractivity contribution in [1.29, 1.82) is 0 Å². The molecule has 0 aliphatic carbocycles. The minimum Gasteiger partial charge on any atom is -0.486 e. The van der Waals surface area contributed by atoms with Crippen LogP contribution in [0.2, 0.25) is 0 Å². The maximum Gasteiger partial charge on any atom is 0.273 e. The molecule has 0 fully saturated rings. The molecule has 32 heavy (non-hydrogen) atoms. The van der Waals surface area contributed by atoms with E-state index in [1.807, 2.05) is 0 Å². The van der Waals surface area contributed by atoms with Crippen molar-refractivity contribution >= 4 is 49.7 Å². The van der Waals surface area contributed by atoms with Crippen LogP contribution in [0.5, 0.6) is 5.75 Å². The number of rotatable bonds is 8. The normalized spacial score (nSPS) is 10.8. The van der Waals surface area contributed by atoms with E-state index in [-0.39, 0.29) is 24.5 Å². The number of nitrogens with zero attached hydrogens (tertiary/aromatic N) is 2. The first kappa shape index (κ1) is 23.6. The summed E-state index contributed by atoms with van der Waals surface area (Å²) in [5.41, 5.74) is 3.61. The van der Waals surface area contributed by atoms with Crippen molar-refractivity contribution in [2.45, 2.75) is 13.0 Å². The summed E-state index contributed by atoms with van der Waals surface area (Å²) in [6, 6.07) is 15.8. The van der Waals surface area contributed by atoms with Crippen LogP contribution in [0.25, 0.3) is 0 Å². The van der Waals surface area contributed by atoms with Crippen molar-refractivity contribution in [3.05, 3.63) is 102 Å². The third-order valence-corrected chi connectivity index (χ3v) is 5.47. The van der Waals surface area contributed by atoms with E-state index in [0.29, 0.717) is 31.4 Å². The fourth-order valence-electron chi connectivity index (χ4n) is 2.79. The van der Waals surface area contributed by atoms with Gasteiger partial charge >= 0.3 is 0 Å². The Balaban J connectivity index is 1.62. The van der Waals surface area contributed by atoms with Crippen molar-refractivity contribution in [1.82, 2.24) is 5.43 Å². The van der Waals surface area contributed by atoms with Gasteiger partial charge in [0, 0.05) is 17.2 Å². The van der Waals surface area contributed by atoms with E-state index < -0.39 is 10.8 Å². The number of para-hydroxylation sites is 1. The Labute approximate surface area is 199 Å². The maximum absolute atomic E-state index is 13.8. The number of ether oxygens (including phenoxy) is 1. The second-order valence-electron chi connectivity index (χ2n) is 6.55. The quantitative estimate of drug-likeness (QED) is 0.221. The number of carbonyl (C=O) groups excluding carboxylic acids is 1. The Hall–Kier alpha value is -3.11. The lowest BCUT2D eigenvalue weighted by Gasteiger charge is -2.11. The van der Waals surface area contributed by atoms with Gasteiger partial charge in [0.1, 0.15) is 18.2 Å². The zero-order valence-corrected chi connectivity index (χ0v) is 19.6. The SMILES string of the molecule is O=C(Cc1ccccc1[N+](=O)[O-])N/N=C/c1cc(Br)c(OCc2ccccc2F)c(Br)c1. The third-order valence-electron chi connectivity index (χ3n) is 4.29. The predicted octanol–water partition coefficient (Wildman–Crippen LogP) is 5.53. The summed E-state index contributed by atoms with van der Waals surface area (Å²) in [4.78, 5) is 22.6. The first-order chi connectivity index (χ1) is 15.3. The molecule has 0 aromatic heterocycles. The second kappa shape index (κ2) is 11.0. The van der Waals surface area contributed by atoms with Gasteiger partial charge in [-0.15, -0.1) is 0 Å². The van der Waals surface area contributed by atoms with E-state index in [0.717, 1.165) is 0 Å². The summed E-state index contributed by atoms with van der Waals surface area (Å²) in [7, 11) is 0. The lowest BCUT2D eigenvalue weighted by atomic mass is 10.1. The molecule has 0 atom stereocenters. The summed E-state index contributed by atoms with van der Waals surface area (Å²) < 4.78 is 20.7. The van der Waals surface area contributed by atoms with Gasteiger partial charge in [0.25, 0.3) is 5.69 Å². The summed E-state index contributed by atoms with van der Waals surface area (Å²) in [5.74, 6) is -0.343. The molecule has 164 valence electrons. The number of nitro groups is 1. The summed E-state index contributed by atoms with van der Waals surface area (Å²) >= 11 is 6.83. The van der Waals surface area contributed by atoms with Crippen molar-refractivity contribution < 1.29 is 18.8 Å². The van der Waals surface area contributed by atoms with Crippen LogP contribution in [-0.2, 0) is 17.8 Å². The van der Waals surface area contributed by atoms with Gasteiger partial charge in [0.2, 0.25) is 5.91 Å². The molecular formula is C22H16Br2FN3O4. The molecule has 1 amide bonds. The Morgan fingerprint density at radius 3 is 2.38 bits per heavy atom. The summed E-state index contributed by atoms with van der Waals surface area (Å²) in [6.07, 6.45) is 1.25. The van der Waals surface area contributed by atoms with Crippen molar-refractivity contribution in [3.63, 3.8) is 0 Å². The number of amides is 1. The number of benzene rings is 3. The van der Waals surface area contributed by atoms with Gasteiger partial charge in [0.15, 0.2) is 0 Å². The highest BCUT2D eigenvalue weighted by Crippen LogP contribution is 2.35. The van der Waals surface area contributed by atoms with Gasteiger partial charge in [-0.05, 0) is 55.6 Å². The minimum absolute atomic E-state index is 0.0546. The minimum atomic E-state index is -0.531. The number of hydrogen-bond acceptors (Lipinski definition) is 5. The fourth-order valence-corrected chi connectivity index (χ4v) is 4.24. The molecule has 0 heterocycles. The fraction of sp³-hybridized carbons (Fsp3) is 0.0909. The molecular weight excluding hydrogens is 549 g/mol. The predicted molar refractivity (Wildman–Crippen MR) is 125 cm³/mol. The molecule has 0 aliphatic heterocycles. The molecule has 3 aromatic rings. The molecule has 10 heteroatoms. The third kappa shape index (κ3) is 6.21. The van der Waals surface area contributed by atoms with E-state index in [4.69, 9.17) is 4.74 Å². The number of nitrogens with one attached hydrogen (secondary N) is 1. The molecule has 0 radical (unpaired) electrons. The molecule has 3 rings (SSSR count). The van der Waals surface area contributed by atoms with Crippen LogP contribution in [0, 0.1) is 15.9 Å². The molecule has 0 saturated heterocycles. The molecule has 7 nitrogen and oxygen atoms in total. The van der Waals surface area contributed by atoms with Crippen molar-refractivity contribution in [2.75, 3.05) is 0 Å². The largest absolute Gasteiger partial charge is 0.486 e. The number of nitro benzene ring substituents is 1. The highest BCUT2D eigenvalue weighted by atomic mass is 79.9. The lowest BCUT2D eigenvalue weighted by molar-refractivity contribution is -0.385. The highest BCUT2D eigenvalue weighted by molar-refractivity contribution is 9.11. The monoisotopic (exact) mass is 563 g/mol. The standard InChI is InChI=1S/C22H16Br2FN3O4/c23-17-9-14(10-18(24)22(17)32-13-16-6-1-3-7-19(16)25)12-26-27-21(29)11-15-5-2-4-8-20(15)28(30)31/h1-10,12H,11,13H2,(H,27,29)/b26-12+. The van der Waals surface area contributed by atoms with Crippen molar-refractivity contribution in [3.8, 4) is 5.75 Å². The maximum atomic E-state index is 13.8. The van der Waals surface area contributed by atoms with Gasteiger partial charge in [0.05, 0.1) is 26.5 Å². The number of carbonyl (C=O) groups is 1. The zero-order valence-electron chi connectivity index (χ0n) is 16.4. The first-order valence-electron chi connectivity index (χ1n) is 9.24. The van der Waals surface area contributed by atoms with Crippen LogP contribution in [0.4, 0.5) is 10.1 Å². The van der Waals surface area contributed by atoms with Gasteiger partial charge in [-0.25, -0.2) is 9.82 Å². The average Bonchev–Trinajstić information content (AvgIpc) is 2.74. The van der Waals surface area contributed by atoms with Gasteiger partial charge in [-0.2, -0.15) is 5.10 Å². The number of halogens is 3. The van der Waals surface area contributed by atoms with Crippen molar-refractivity contribution in [2.24, 2.45) is 5.10 Å². The van der Waals surface area contributed by atoms with E-state index in [9.17, 15) is 19.3 Å². The van der Waals surface area contributed by atoms with Crippen LogP contribution in [0.1, 0.15) is 16.7 Å². The van der Waals surface area contributed by atoms with Gasteiger partial charge in [-0.3, -0.25) is 14.9 Å². The Morgan fingerprint density at radius 1 is 1.09 bits per heavy atom. The van der Waals surface area contributed by atoms with Crippen LogP contribution in [0.3, 0.4) is 0 Å². The van der Waals surface area contributed by atoms with Crippen LogP contribution < -0.4 is 10.2 Å². The molecule has 1 N–H and O–H groups in total. The Morgan fingerprint density at radius 2 is 1.72 bits per heavy atom. The van der Waals surface area contributed by atoms with E-state index >= 15 is 0 Å². The van der Waals surface area contributed by atoms with E-state index in [1.165, 1.54) is 30.5 Å². The van der Waals surface area contributed by atoms with Crippen LogP contribution >= 0.6 is 31.9 Å². The molecule has 0 spiro atoms.